The molecule has 2 aromatic heterocycles. The Balaban J connectivity index is 1.49. The van der Waals surface area contributed by atoms with E-state index in [9.17, 15) is 0 Å². The summed E-state index contributed by atoms with van der Waals surface area (Å²) >= 11 is 3.55. The molecular weight excluding hydrogens is 609 g/mol. The Morgan fingerprint density at radius 3 is 1.45 bits per heavy atom. The van der Waals surface area contributed by atoms with Crippen LogP contribution in [0.4, 0.5) is 32.8 Å². The van der Waals surface area contributed by atoms with Crippen molar-refractivity contribution in [3.63, 3.8) is 0 Å². The highest BCUT2D eigenvalue weighted by Crippen LogP contribution is 2.56. The molecule has 8 aromatic rings. The Labute approximate surface area is 283 Å². The van der Waals surface area contributed by atoms with Crippen molar-refractivity contribution in [2.24, 2.45) is 0 Å². The molecule has 4 heteroatoms. The van der Waals surface area contributed by atoms with Gasteiger partial charge in [0, 0.05) is 38.3 Å². The fourth-order valence-electron chi connectivity index (χ4n) is 7.49. The van der Waals surface area contributed by atoms with E-state index < -0.39 is 0 Å². The zero-order chi connectivity index (χ0) is 31.5. The van der Waals surface area contributed by atoms with E-state index in [0.717, 1.165) is 11.4 Å². The van der Waals surface area contributed by atoms with Gasteiger partial charge >= 0.3 is 0 Å². The van der Waals surface area contributed by atoms with Gasteiger partial charge in [0.05, 0.1) is 21.4 Å². The molecule has 6 aromatic carbocycles. The van der Waals surface area contributed by atoms with Gasteiger partial charge in [-0.1, -0.05) is 98.8 Å². The van der Waals surface area contributed by atoms with E-state index in [4.69, 9.17) is 0 Å². The van der Waals surface area contributed by atoms with Crippen molar-refractivity contribution < 1.29 is 0 Å². The van der Waals surface area contributed by atoms with Gasteiger partial charge in [-0.2, -0.15) is 0 Å². The lowest BCUT2D eigenvalue weighted by atomic mass is 9.81. The van der Waals surface area contributed by atoms with Crippen molar-refractivity contribution in [1.29, 1.82) is 0 Å². The minimum absolute atomic E-state index is 0.128. The number of rotatable bonds is 6. The van der Waals surface area contributed by atoms with Crippen LogP contribution >= 0.6 is 22.7 Å². The van der Waals surface area contributed by atoms with E-state index in [1.165, 1.54) is 65.2 Å². The first-order valence-corrected chi connectivity index (χ1v) is 17.8. The summed E-state index contributed by atoms with van der Waals surface area (Å²) in [5.74, 6) is 0. The monoisotopic (exact) mass is 640 g/mol. The van der Waals surface area contributed by atoms with E-state index in [0.29, 0.717) is 0 Å². The quantitative estimate of drug-likeness (QED) is 0.132. The molecule has 226 valence electrons. The van der Waals surface area contributed by atoms with Gasteiger partial charge in [0.15, 0.2) is 0 Å². The standard InChI is InChI=1S/C43H32N2S2/c1-43(2)37-22-12-11-19-31(37)34-27-35-36(28-38(34)43)42(45(40-24-14-26-47-40)30-17-7-4-8-18-30)33-21-10-9-20-32(33)41(35)44(39-23-13-25-46-39)29-15-5-3-6-16-29/h3-28H,1-2H3. The third-order valence-corrected chi connectivity index (χ3v) is 11.3. The molecule has 1 aliphatic rings. The summed E-state index contributed by atoms with van der Waals surface area (Å²) in [6.07, 6.45) is 0. The molecule has 0 fully saturated rings. The zero-order valence-corrected chi connectivity index (χ0v) is 27.9. The van der Waals surface area contributed by atoms with Crippen LogP contribution in [0.5, 0.6) is 0 Å². The highest BCUT2D eigenvalue weighted by atomic mass is 32.1. The van der Waals surface area contributed by atoms with Gasteiger partial charge < -0.3 is 9.80 Å². The molecule has 0 bridgehead atoms. The number of nitrogens with zero attached hydrogens (tertiary/aromatic N) is 2. The van der Waals surface area contributed by atoms with Crippen molar-refractivity contribution in [3.8, 4) is 11.1 Å². The molecule has 0 spiro atoms. The molecule has 1 aliphatic carbocycles. The lowest BCUT2D eigenvalue weighted by Crippen LogP contribution is -2.16. The second kappa shape index (κ2) is 11.0. The van der Waals surface area contributed by atoms with Gasteiger partial charge in [0.25, 0.3) is 0 Å². The highest BCUT2D eigenvalue weighted by Gasteiger charge is 2.37. The van der Waals surface area contributed by atoms with E-state index in [2.05, 4.69) is 180 Å². The summed E-state index contributed by atoms with van der Waals surface area (Å²) in [7, 11) is 0. The van der Waals surface area contributed by atoms with Crippen LogP contribution < -0.4 is 9.80 Å². The molecule has 0 saturated heterocycles. The summed E-state index contributed by atoms with van der Waals surface area (Å²) in [6, 6.07) is 53.4. The molecule has 0 unspecified atom stereocenters. The van der Waals surface area contributed by atoms with Crippen molar-refractivity contribution in [2.75, 3.05) is 9.80 Å². The molecular formula is C43H32N2S2. The number of thiophene rings is 2. The van der Waals surface area contributed by atoms with Crippen molar-refractivity contribution in [1.82, 2.24) is 0 Å². The van der Waals surface area contributed by atoms with E-state index in [1.54, 1.807) is 22.7 Å². The fraction of sp³-hybridized carbons (Fsp3) is 0.0698. The van der Waals surface area contributed by atoms with E-state index in [1.807, 2.05) is 0 Å². The molecule has 47 heavy (non-hydrogen) atoms. The highest BCUT2D eigenvalue weighted by molar-refractivity contribution is 7.14. The molecule has 0 radical (unpaired) electrons. The van der Waals surface area contributed by atoms with Crippen LogP contribution in [0.3, 0.4) is 0 Å². The third-order valence-electron chi connectivity index (χ3n) is 9.60. The second-order valence-corrected chi connectivity index (χ2v) is 14.5. The van der Waals surface area contributed by atoms with E-state index in [-0.39, 0.29) is 5.41 Å². The SMILES string of the molecule is CC1(C)c2ccccc2-c2cc3c(N(c4ccccc4)c4cccs4)c4ccccc4c(N(c4ccccc4)c4cccs4)c3cc21. The fourth-order valence-corrected chi connectivity index (χ4v) is 9.00. The summed E-state index contributed by atoms with van der Waals surface area (Å²) in [5, 5.41) is 11.6. The summed E-state index contributed by atoms with van der Waals surface area (Å²) in [5.41, 5.74) is 9.99. The summed E-state index contributed by atoms with van der Waals surface area (Å²) in [4.78, 5) is 4.94. The lowest BCUT2D eigenvalue weighted by molar-refractivity contribution is 0.661. The van der Waals surface area contributed by atoms with E-state index >= 15 is 0 Å². The van der Waals surface area contributed by atoms with Crippen LogP contribution in [-0.2, 0) is 5.41 Å². The average molecular weight is 641 g/mol. The zero-order valence-electron chi connectivity index (χ0n) is 26.2. The number of fused-ring (bicyclic) bond motifs is 5. The van der Waals surface area contributed by atoms with Gasteiger partial charge in [0.2, 0.25) is 0 Å². The van der Waals surface area contributed by atoms with Crippen LogP contribution in [0.2, 0.25) is 0 Å². The number of para-hydroxylation sites is 2. The van der Waals surface area contributed by atoms with Crippen molar-refractivity contribution in [3.05, 3.63) is 167 Å². The summed E-state index contributed by atoms with van der Waals surface area (Å²) < 4.78 is 0. The predicted octanol–water partition coefficient (Wildman–Crippen LogP) is 13.4. The Hall–Kier alpha value is -5.16. The van der Waals surface area contributed by atoms with Gasteiger partial charge in [-0.15, -0.1) is 22.7 Å². The molecule has 2 heterocycles. The van der Waals surface area contributed by atoms with Crippen LogP contribution in [-0.4, -0.2) is 0 Å². The van der Waals surface area contributed by atoms with Gasteiger partial charge in [-0.05, 0) is 93.7 Å². The summed E-state index contributed by atoms with van der Waals surface area (Å²) in [6.45, 7) is 4.75. The first-order chi connectivity index (χ1) is 23.1. The second-order valence-electron chi connectivity index (χ2n) is 12.6. The maximum atomic E-state index is 2.51. The minimum Gasteiger partial charge on any atom is -0.301 e. The predicted molar refractivity (Wildman–Crippen MR) is 204 cm³/mol. The lowest BCUT2D eigenvalue weighted by Gasteiger charge is -2.32. The number of hydrogen-bond donors (Lipinski definition) is 0. The third kappa shape index (κ3) is 4.36. The van der Waals surface area contributed by atoms with Gasteiger partial charge in [-0.3, -0.25) is 0 Å². The minimum atomic E-state index is -0.128. The Kier molecular flexibility index (Phi) is 6.56. The Bertz CT molecular complexity index is 2380. The van der Waals surface area contributed by atoms with Crippen molar-refractivity contribution >= 4 is 77.0 Å². The van der Waals surface area contributed by atoms with Crippen LogP contribution in [0, 0.1) is 0 Å². The Morgan fingerprint density at radius 2 is 0.915 bits per heavy atom. The largest absolute Gasteiger partial charge is 0.301 e. The van der Waals surface area contributed by atoms with Gasteiger partial charge in [0.1, 0.15) is 0 Å². The molecule has 2 nitrogen and oxygen atoms in total. The topological polar surface area (TPSA) is 6.48 Å². The van der Waals surface area contributed by atoms with Crippen LogP contribution in [0.15, 0.2) is 156 Å². The molecule has 0 N–H and O–H groups in total. The number of hydrogen-bond acceptors (Lipinski definition) is 4. The molecule has 0 atom stereocenters. The maximum Gasteiger partial charge on any atom is 0.0999 e. The smallest absolute Gasteiger partial charge is 0.0999 e. The molecule has 0 amide bonds. The molecule has 9 rings (SSSR count). The molecule has 0 saturated carbocycles. The Morgan fingerprint density at radius 1 is 0.426 bits per heavy atom. The first kappa shape index (κ1) is 28.1. The first-order valence-electron chi connectivity index (χ1n) is 16.0. The normalized spacial score (nSPS) is 13.1. The number of benzene rings is 6. The van der Waals surface area contributed by atoms with Crippen molar-refractivity contribution in [2.45, 2.75) is 19.3 Å². The van der Waals surface area contributed by atoms with Crippen LogP contribution in [0.1, 0.15) is 25.0 Å². The number of anilines is 6. The molecule has 0 aliphatic heterocycles. The van der Waals surface area contributed by atoms with Crippen LogP contribution in [0.25, 0.3) is 32.7 Å². The van der Waals surface area contributed by atoms with Gasteiger partial charge in [-0.25, -0.2) is 0 Å². The maximum absolute atomic E-state index is 2.51. The average Bonchev–Trinajstić information content (AvgIpc) is 3.89.